The molecule has 0 bridgehead atoms. The molecule has 0 radical (unpaired) electrons. The summed E-state index contributed by atoms with van der Waals surface area (Å²) in [6.45, 7) is 1.88. The number of fused-ring (bicyclic) bond motifs is 1. The Morgan fingerprint density at radius 1 is 1.14 bits per heavy atom. The summed E-state index contributed by atoms with van der Waals surface area (Å²) in [5.74, 6) is 0.814. The summed E-state index contributed by atoms with van der Waals surface area (Å²) in [5.41, 5.74) is 2.85. The van der Waals surface area contributed by atoms with Gasteiger partial charge < -0.3 is 15.7 Å². The first-order chi connectivity index (χ1) is 17.5. The van der Waals surface area contributed by atoms with Gasteiger partial charge in [-0.3, -0.25) is 0 Å². The number of aryl methyl sites for hydroxylation is 1. The van der Waals surface area contributed by atoms with Gasteiger partial charge in [0.15, 0.2) is 14.8 Å². The molecule has 0 aliphatic carbocycles. The van der Waals surface area contributed by atoms with Crippen LogP contribution in [0.4, 0.5) is 17.5 Å². The fourth-order valence-corrected chi connectivity index (χ4v) is 5.94. The molecule has 0 saturated carbocycles. The molecule has 5 rings (SSSR count). The largest absolute Gasteiger partial charge is 0.394 e. The van der Waals surface area contributed by atoms with Crippen molar-refractivity contribution in [2.75, 3.05) is 23.0 Å². The number of benzene rings is 2. The molecule has 0 fully saturated rings. The van der Waals surface area contributed by atoms with Gasteiger partial charge in [0, 0.05) is 11.9 Å². The number of hydrogen-bond donors (Lipinski definition) is 3. The Labute approximate surface area is 212 Å². The molecule has 3 heterocycles. The topological polar surface area (TPSA) is 130 Å². The molecule has 1 aliphatic heterocycles. The van der Waals surface area contributed by atoms with Gasteiger partial charge in [0.1, 0.15) is 10.8 Å². The van der Waals surface area contributed by atoms with Crippen molar-refractivity contribution in [1.82, 2.24) is 20.2 Å². The first-order valence-electron chi connectivity index (χ1n) is 11.4. The SMILES string of the molecule is CCc1nnc(-c2cnc(Nc3ccc4c(c3)C=CCS4(=O)=O)nc2N[C@H](CO)c2ccccc2)s1. The summed E-state index contributed by atoms with van der Waals surface area (Å²) in [6, 6.07) is 14.3. The minimum absolute atomic E-state index is 0.00513. The van der Waals surface area contributed by atoms with E-state index in [0.717, 1.165) is 17.0 Å². The molecule has 11 heteroatoms. The van der Waals surface area contributed by atoms with Crippen LogP contribution in [0.5, 0.6) is 0 Å². The molecule has 0 spiro atoms. The van der Waals surface area contributed by atoms with Crippen molar-refractivity contribution in [2.45, 2.75) is 24.3 Å². The average molecular weight is 521 g/mol. The Morgan fingerprint density at radius 3 is 2.72 bits per heavy atom. The van der Waals surface area contributed by atoms with Gasteiger partial charge in [0.05, 0.1) is 28.9 Å². The van der Waals surface area contributed by atoms with E-state index in [0.29, 0.717) is 38.5 Å². The Bertz CT molecular complexity index is 1520. The van der Waals surface area contributed by atoms with Gasteiger partial charge in [-0.05, 0) is 35.7 Å². The van der Waals surface area contributed by atoms with Gasteiger partial charge >= 0.3 is 0 Å². The van der Waals surface area contributed by atoms with Crippen LogP contribution in [0.1, 0.15) is 29.1 Å². The van der Waals surface area contributed by atoms with Crippen molar-refractivity contribution in [2.24, 2.45) is 0 Å². The zero-order valence-electron chi connectivity index (χ0n) is 19.4. The minimum atomic E-state index is -3.31. The van der Waals surface area contributed by atoms with Crippen LogP contribution in [0.2, 0.25) is 0 Å². The molecule has 1 atom stereocenters. The third kappa shape index (κ3) is 4.99. The predicted octanol–water partition coefficient (Wildman–Crippen LogP) is 4.25. The van der Waals surface area contributed by atoms with E-state index in [1.807, 2.05) is 37.3 Å². The van der Waals surface area contributed by atoms with E-state index in [2.05, 4.69) is 25.8 Å². The highest BCUT2D eigenvalue weighted by atomic mass is 32.2. The summed E-state index contributed by atoms with van der Waals surface area (Å²) in [6.07, 6.45) is 5.87. The van der Waals surface area contributed by atoms with E-state index in [4.69, 9.17) is 4.98 Å². The van der Waals surface area contributed by atoms with Crippen LogP contribution in [0.25, 0.3) is 16.6 Å². The highest BCUT2D eigenvalue weighted by Gasteiger charge is 2.21. The van der Waals surface area contributed by atoms with Crippen LogP contribution in [-0.2, 0) is 16.3 Å². The number of aliphatic hydroxyl groups is 1. The molecular weight excluding hydrogens is 496 g/mol. The number of rotatable bonds is 8. The number of nitrogens with one attached hydrogen (secondary N) is 2. The van der Waals surface area contributed by atoms with E-state index in [1.54, 1.807) is 36.5 Å². The summed E-state index contributed by atoms with van der Waals surface area (Å²) in [5, 5.41) is 26.7. The van der Waals surface area contributed by atoms with E-state index in [1.165, 1.54) is 11.3 Å². The first kappa shape index (κ1) is 24.0. The third-order valence-corrected chi connectivity index (χ3v) is 8.47. The lowest BCUT2D eigenvalue weighted by atomic mass is 10.1. The minimum Gasteiger partial charge on any atom is -0.394 e. The number of sulfone groups is 1. The second-order valence-corrected chi connectivity index (χ2v) is 11.2. The van der Waals surface area contributed by atoms with Crippen LogP contribution in [-0.4, -0.2) is 46.0 Å². The van der Waals surface area contributed by atoms with Gasteiger partial charge in [0.25, 0.3) is 0 Å². The maximum absolute atomic E-state index is 12.3. The standard InChI is InChI=1S/C25H24N6O3S2/c1-2-22-30-31-24(35-22)19-14-26-25(29-23(19)28-20(15-32)16-7-4-3-5-8-16)27-18-10-11-21-17(13-18)9-6-12-36(21,33)34/h3-11,13-14,20,32H,2,12,15H2,1H3,(H2,26,27,28,29)/t20-/m1/s1. The maximum Gasteiger partial charge on any atom is 0.229 e. The first-order valence-corrected chi connectivity index (χ1v) is 13.9. The smallest absolute Gasteiger partial charge is 0.229 e. The third-order valence-electron chi connectivity index (χ3n) is 5.70. The zero-order valence-corrected chi connectivity index (χ0v) is 21.1. The van der Waals surface area contributed by atoms with Gasteiger partial charge in [-0.25, -0.2) is 13.4 Å². The molecule has 0 saturated heterocycles. The predicted molar refractivity (Wildman–Crippen MR) is 141 cm³/mol. The molecule has 2 aromatic heterocycles. The maximum atomic E-state index is 12.3. The second-order valence-electron chi connectivity index (χ2n) is 8.16. The normalized spacial score (nSPS) is 14.7. The van der Waals surface area contributed by atoms with E-state index in [9.17, 15) is 13.5 Å². The lowest BCUT2D eigenvalue weighted by Crippen LogP contribution is -2.17. The van der Waals surface area contributed by atoms with Crippen molar-refractivity contribution < 1.29 is 13.5 Å². The highest BCUT2D eigenvalue weighted by molar-refractivity contribution is 7.91. The quantitative estimate of drug-likeness (QED) is 0.312. The molecule has 4 aromatic rings. The lowest BCUT2D eigenvalue weighted by Gasteiger charge is -2.19. The summed E-state index contributed by atoms with van der Waals surface area (Å²) in [7, 11) is -3.31. The number of hydrogen-bond acceptors (Lipinski definition) is 10. The zero-order chi connectivity index (χ0) is 25.1. The van der Waals surface area contributed by atoms with Gasteiger partial charge in [0.2, 0.25) is 5.95 Å². The van der Waals surface area contributed by atoms with Crippen molar-refractivity contribution in [3.8, 4) is 10.6 Å². The van der Waals surface area contributed by atoms with E-state index in [-0.39, 0.29) is 12.4 Å². The van der Waals surface area contributed by atoms with Crippen LogP contribution in [0, 0.1) is 0 Å². The summed E-state index contributed by atoms with van der Waals surface area (Å²) in [4.78, 5) is 9.47. The van der Waals surface area contributed by atoms with Gasteiger partial charge in [-0.2, -0.15) is 4.98 Å². The van der Waals surface area contributed by atoms with Crippen molar-refractivity contribution in [3.63, 3.8) is 0 Å². The molecule has 0 unspecified atom stereocenters. The van der Waals surface area contributed by atoms with Crippen molar-refractivity contribution in [1.29, 1.82) is 0 Å². The Hall–Kier alpha value is -3.67. The van der Waals surface area contributed by atoms with E-state index >= 15 is 0 Å². The number of aromatic nitrogens is 4. The van der Waals surface area contributed by atoms with Crippen LogP contribution < -0.4 is 10.6 Å². The molecule has 0 amide bonds. The Morgan fingerprint density at radius 2 is 1.97 bits per heavy atom. The van der Waals surface area contributed by atoms with E-state index < -0.39 is 15.9 Å². The Balaban J connectivity index is 1.50. The molecule has 36 heavy (non-hydrogen) atoms. The number of nitrogens with zero attached hydrogens (tertiary/aromatic N) is 4. The molecule has 184 valence electrons. The van der Waals surface area contributed by atoms with Crippen LogP contribution in [0.15, 0.2) is 65.7 Å². The second kappa shape index (κ2) is 10.1. The molecular formula is C25H24N6O3S2. The fraction of sp³-hybridized carbons (Fsp3) is 0.200. The monoisotopic (exact) mass is 520 g/mol. The van der Waals surface area contributed by atoms with Crippen molar-refractivity contribution >= 4 is 44.7 Å². The van der Waals surface area contributed by atoms with Gasteiger partial charge in [-0.1, -0.05) is 60.7 Å². The molecule has 2 aromatic carbocycles. The number of anilines is 3. The van der Waals surface area contributed by atoms with Crippen LogP contribution in [0.3, 0.4) is 0 Å². The molecule has 1 aliphatic rings. The summed E-state index contributed by atoms with van der Waals surface area (Å²) >= 11 is 1.47. The van der Waals surface area contributed by atoms with Crippen molar-refractivity contribution in [3.05, 3.63) is 76.9 Å². The Kier molecular flexibility index (Phi) is 6.77. The average Bonchev–Trinajstić information content (AvgIpc) is 3.37. The summed E-state index contributed by atoms with van der Waals surface area (Å²) < 4.78 is 24.6. The molecule has 3 N–H and O–H groups in total. The van der Waals surface area contributed by atoms with Gasteiger partial charge in [-0.15, -0.1) is 10.2 Å². The number of aliphatic hydroxyl groups excluding tert-OH is 1. The fourth-order valence-electron chi connectivity index (χ4n) is 3.86. The highest BCUT2D eigenvalue weighted by Crippen LogP contribution is 2.33. The van der Waals surface area contributed by atoms with Crippen LogP contribution >= 0.6 is 11.3 Å². The molecule has 9 nitrogen and oxygen atoms in total. The lowest BCUT2D eigenvalue weighted by molar-refractivity contribution is 0.276.